The van der Waals surface area contributed by atoms with Crippen molar-refractivity contribution in [3.05, 3.63) is 0 Å². The summed E-state index contributed by atoms with van der Waals surface area (Å²) in [6.07, 6.45) is 9.00. The zero-order valence-corrected chi connectivity index (χ0v) is 12.2. The maximum Gasteiger partial charge on any atom is 0.223 e. The number of nitrogens with zero attached hydrogens (tertiary/aromatic N) is 1. The van der Waals surface area contributed by atoms with Crippen molar-refractivity contribution in [2.45, 2.75) is 71.3 Å². The second-order valence-electron chi connectivity index (χ2n) is 5.74. The molecule has 3 heteroatoms. The third-order valence-corrected chi connectivity index (χ3v) is 4.16. The van der Waals surface area contributed by atoms with Gasteiger partial charge in [-0.1, -0.05) is 39.5 Å². The Morgan fingerprint density at radius 3 is 2.56 bits per heavy atom. The fourth-order valence-electron chi connectivity index (χ4n) is 2.72. The lowest BCUT2D eigenvalue weighted by atomic mass is 9.93. The van der Waals surface area contributed by atoms with E-state index >= 15 is 0 Å². The van der Waals surface area contributed by atoms with Crippen LogP contribution in [0.4, 0.5) is 0 Å². The zero-order valence-electron chi connectivity index (χ0n) is 12.2. The molecule has 18 heavy (non-hydrogen) atoms. The van der Waals surface area contributed by atoms with Crippen molar-refractivity contribution in [3.63, 3.8) is 0 Å². The summed E-state index contributed by atoms with van der Waals surface area (Å²) in [7, 11) is 0. The molecule has 0 radical (unpaired) electrons. The molecule has 1 saturated carbocycles. The number of rotatable bonds is 7. The van der Waals surface area contributed by atoms with E-state index in [1.165, 1.54) is 32.1 Å². The average molecular weight is 254 g/mol. The Morgan fingerprint density at radius 1 is 1.33 bits per heavy atom. The summed E-state index contributed by atoms with van der Waals surface area (Å²) in [5.41, 5.74) is 5.60. The fourth-order valence-corrected chi connectivity index (χ4v) is 2.72. The Labute approximate surface area is 112 Å². The molecule has 1 aliphatic carbocycles. The first kappa shape index (κ1) is 15.5. The van der Waals surface area contributed by atoms with Gasteiger partial charge in [-0.05, 0) is 31.7 Å². The summed E-state index contributed by atoms with van der Waals surface area (Å²) in [5.74, 6) is 0.853. The van der Waals surface area contributed by atoms with Gasteiger partial charge in [-0.2, -0.15) is 0 Å². The van der Waals surface area contributed by atoms with E-state index in [-0.39, 0.29) is 0 Å². The Bertz CT molecular complexity index is 237. The van der Waals surface area contributed by atoms with Gasteiger partial charge >= 0.3 is 0 Å². The van der Waals surface area contributed by atoms with E-state index < -0.39 is 0 Å². The van der Waals surface area contributed by atoms with Crippen LogP contribution in [0.3, 0.4) is 0 Å². The third kappa shape index (κ3) is 4.97. The summed E-state index contributed by atoms with van der Waals surface area (Å²) in [5, 5.41) is 0. The lowest BCUT2D eigenvalue weighted by molar-refractivity contribution is -0.135. The molecule has 1 unspecified atom stereocenters. The molecule has 3 nitrogen and oxygen atoms in total. The van der Waals surface area contributed by atoms with Crippen LogP contribution in [0.2, 0.25) is 0 Å². The minimum Gasteiger partial charge on any atom is -0.340 e. The van der Waals surface area contributed by atoms with Crippen molar-refractivity contribution < 1.29 is 4.79 Å². The third-order valence-electron chi connectivity index (χ3n) is 4.16. The summed E-state index contributed by atoms with van der Waals surface area (Å²) in [6.45, 7) is 5.86. The van der Waals surface area contributed by atoms with Crippen LogP contribution in [-0.2, 0) is 4.79 Å². The molecule has 106 valence electrons. The van der Waals surface area contributed by atoms with Crippen molar-refractivity contribution in [2.24, 2.45) is 11.7 Å². The molecule has 2 N–H and O–H groups in total. The smallest absolute Gasteiger partial charge is 0.223 e. The molecule has 1 fully saturated rings. The topological polar surface area (TPSA) is 46.3 Å². The van der Waals surface area contributed by atoms with E-state index in [4.69, 9.17) is 5.73 Å². The first-order valence-corrected chi connectivity index (χ1v) is 7.68. The normalized spacial score (nSPS) is 18.6. The summed E-state index contributed by atoms with van der Waals surface area (Å²) in [6, 6.07) is 0.488. The van der Waals surface area contributed by atoms with Crippen LogP contribution >= 0.6 is 0 Å². The van der Waals surface area contributed by atoms with E-state index in [1.54, 1.807) is 0 Å². The number of nitrogens with two attached hydrogens (primary N) is 1. The first-order chi connectivity index (χ1) is 8.69. The van der Waals surface area contributed by atoms with Gasteiger partial charge in [0.05, 0.1) is 0 Å². The summed E-state index contributed by atoms with van der Waals surface area (Å²) >= 11 is 0. The van der Waals surface area contributed by atoms with Gasteiger partial charge in [-0.3, -0.25) is 4.79 Å². The van der Waals surface area contributed by atoms with Crippen LogP contribution < -0.4 is 5.73 Å². The minimum absolute atomic E-state index is 0.352. The van der Waals surface area contributed by atoms with Crippen molar-refractivity contribution in [2.75, 3.05) is 13.1 Å². The molecular formula is C15H30N2O. The molecule has 1 rings (SSSR count). The highest BCUT2D eigenvalue weighted by Crippen LogP contribution is 2.24. The highest BCUT2D eigenvalue weighted by Gasteiger charge is 2.25. The molecule has 0 heterocycles. The van der Waals surface area contributed by atoms with Crippen molar-refractivity contribution in [1.29, 1.82) is 0 Å². The second-order valence-corrected chi connectivity index (χ2v) is 5.74. The van der Waals surface area contributed by atoms with Gasteiger partial charge in [-0.25, -0.2) is 0 Å². The van der Waals surface area contributed by atoms with Crippen LogP contribution in [0.25, 0.3) is 0 Å². The molecule has 1 amide bonds. The average Bonchev–Trinajstić information content (AvgIpc) is 2.40. The van der Waals surface area contributed by atoms with E-state index in [2.05, 4.69) is 18.7 Å². The summed E-state index contributed by atoms with van der Waals surface area (Å²) in [4.78, 5) is 14.5. The maximum atomic E-state index is 12.4. The van der Waals surface area contributed by atoms with Crippen LogP contribution in [0.1, 0.15) is 65.2 Å². The van der Waals surface area contributed by atoms with Crippen LogP contribution in [0, 0.1) is 5.92 Å². The molecule has 0 aromatic heterocycles. The Kier molecular flexibility index (Phi) is 7.33. The minimum atomic E-state index is 0.352. The number of hydrogen-bond acceptors (Lipinski definition) is 2. The molecule has 0 saturated heterocycles. The highest BCUT2D eigenvalue weighted by atomic mass is 16.2. The van der Waals surface area contributed by atoms with Crippen molar-refractivity contribution in [1.82, 2.24) is 4.90 Å². The fraction of sp³-hybridized carbons (Fsp3) is 0.933. The van der Waals surface area contributed by atoms with E-state index in [0.29, 0.717) is 30.8 Å². The van der Waals surface area contributed by atoms with E-state index in [0.717, 1.165) is 19.4 Å². The monoisotopic (exact) mass is 254 g/mol. The van der Waals surface area contributed by atoms with Crippen LogP contribution in [0.15, 0.2) is 0 Å². The molecule has 0 spiro atoms. The Balaban J connectivity index is 2.54. The Hall–Kier alpha value is -0.570. The van der Waals surface area contributed by atoms with Gasteiger partial charge in [-0.15, -0.1) is 0 Å². The van der Waals surface area contributed by atoms with Crippen LogP contribution in [0.5, 0.6) is 0 Å². The van der Waals surface area contributed by atoms with Gasteiger partial charge in [0.15, 0.2) is 0 Å². The number of carbonyl (C=O) groups excluding carboxylic acids is 1. The standard InChI is InChI=1S/C15H30N2O/c1-3-13(2)12-15(18)17(11-7-10-16)14-8-5-4-6-9-14/h13-14H,3-12,16H2,1-2H3. The summed E-state index contributed by atoms with van der Waals surface area (Å²) < 4.78 is 0. The maximum absolute atomic E-state index is 12.4. The zero-order chi connectivity index (χ0) is 13.4. The van der Waals surface area contributed by atoms with Crippen LogP contribution in [-0.4, -0.2) is 29.9 Å². The van der Waals surface area contributed by atoms with E-state index in [9.17, 15) is 4.79 Å². The second kappa shape index (κ2) is 8.52. The predicted molar refractivity (Wildman–Crippen MR) is 76.3 cm³/mol. The van der Waals surface area contributed by atoms with Gasteiger partial charge in [0.1, 0.15) is 0 Å². The molecule has 0 aliphatic heterocycles. The quantitative estimate of drug-likeness (QED) is 0.759. The van der Waals surface area contributed by atoms with Crippen molar-refractivity contribution in [3.8, 4) is 0 Å². The molecule has 1 atom stereocenters. The van der Waals surface area contributed by atoms with E-state index in [1.807, 2.05) is 0 Å². The molecular weight excluding hydrogens is 224 g/mol. The molecule has 0 aromatic rings. The number of carbonyl (C=O) groups is 1. The largest absolute Gasteiger partial charge is 0.340 e. The van der Waals surface area contributed by atoms with Gasteiger partial charge in [0, 0.05) is 19.0 Å². The van der Waals surface area contributed by atoms with Gasteiger partial charge < -0.3 is 10.6 Å². The van der Waals surface area contributed by atoms with Gasteiger partial charge in [0.2, 0.25) is 5.91 Å². The molecule has 0 aromatic carbocycles. The number of amides is 1. The lowest BCUT2D eigenvalue weighted by Gasteiger charge is -2.35. The number of hydrogen-bond donors (Lipinski definition) is 1. The highest BCUT2D eigenvalue weighted by molar-refractivity contribution is 5.76. The van der Waals surface area contributed by atoms with Crippen molar-refractivity contribution >= 4 is 5.91 Å². The molecule has 1 aliphatic rings. The lowest BCUT2D eigenvalue weighted by Crippen LogP contribution is -2.43. The SMILES string of the molecule is CCC(C)CC(=O)N(CCCN)C1CCCCC1. The molecule has 0 bridgehead atoms. The first-order valence-electron chi connectivity index (χ1n) is 7.68. The predicted octanol–water partition coefficient (Wildman–Crippen LogP) is 2.93. The Morgan fingerprint density at radius 2 is 2.00 bits per heavy atom. The van der Waals surface area contributed by atoms with Gasteiger partial charge in [0.25, 0.3) is 0 Å².